The van der Waals surface area contributed by atoms with Crippen LogP contribution in [0.4, 0.5) is 5.69 Å². The van der Waals surface area contributed by atoms with E-state index < -0.39 is 15.9 Å². The molecule has 0 saturated carbocycles. The van der Waals surface area contributed by atoms with Crippen molar-refractivity contribution in [3.8, 4) is 6.07 Å². The van der Waals surface area contributed by atoms with Crippen molar-refractivity contribution in [3.05, 3.63) is 64.4 Å². The lowest BCUT2D eigenvalue weighted by Crippen LogP contribution is -2.37. The molecule has 0 bridgehead atoms. The molecular formula is C23H30N4O3S. The molecule has 0 spiro atoms. The quantitative estimate of drug-likeness (QED) is 0.749. The first-order valence-corrected chi connectivity index (χ1v) is 12.1. The largest absolute Gasteiger partial charge is 0.424 e. The third kappa shape index (κ3) is 4.42. The molecule has 8 heteroatoms. The van der Waals surface area contributed by atoms with Gasteiger partial charge in [-0.05, 0) is 49.5 Å². The van der Waals surface area contributed by atoms with Gasteiger partial charge in [-0.3, -0.25) is 4.31 Å². The average Bonchev–Trinajstić information content (AvgIpc) is 2.73. The summed E-state index contributed by atoms with van der Waals surface area (Å²) in [5.41, 5.74) is 9.88. The van der Waals surface area contributed by atoms with E-state index in [1.807, 2.05) is 50.2 Å². The number of hydrogen-bond donors (Lipinski definition) is 1. The van der Waals surface area contributed by atoms with Crippen LogP contribution in [0.25, 0.3) is 0 Å². The molecule has 1 saturated heterocycles. The van der Waals surface area contributed by atoms with Crippen LogP contribution in [0.15, 0.2) is 58.8 Å². The lowest BCUT2D eigenvalue weighted by atomic mass is 9.80. The number of hydrogen-bond acceptors (Lipinski definition) is 6. The Hall–Kier alpha value is -2.92. The van der Waals surface area contributed by atoms with E-state index in [1.165, 1.54) is 4.31 Å². The molecule has 0 aromatic heterocycles. The van der Waals surface area contributed by atoms with Crippen molar-refractivity contribution in [1.82, 2.24) is 4.90 Å². The molecule has 1 unspecified atom stereocenters. The highest BCUT2D eigenvalue weighted by Crippen LogP contribution is 2.43. The van der Waals surface area contributed by atoms with Crippen LogP contribution >= 0.6 is 0 Å². The number of anilines is 1. The van der Waals surface area contributed by atoms with Crippen molar-refractivity contribution < 1.29 is 13.2 Å². The first-order chi connectivity index (χ1) is 14.7. The molecule has 2 heterocycles. The normalized spacial score (nSPS) is 21.6. The van der Waals surface area contributed by atoms with E-state index >= 15 is 0 Å². The van der Waals surface area contributed by atoms with Gasteiger partial charge in [-0.25, -0.2) is 8.42 Å². The van der Waals surface area contributed by atoms with Gasteiger partial charge in [-0.2, -0.15) is 5.26 Å². The Morgan fingerprint density at radius 3 is 2.55 bits per heavy atom. The summed E-state index contributed by atoms with van der Waals surface area (Å²) in [6, 6.07) is 9.61. The maximum atomic E-state index is 12.5. The van der Waals surface area contributed by atoms with Crippen LogP contribution in [0.2, 0.25) is 0 Å². The molecule has 166 valence electrons. The summed E-state index contributed by atoms with van der Waals surface area (Å²) in [5.74, 6) is 0.469. The highest BCUT2D eigenvalue weighted by molar-refractivity contribution is 7.92. The monoisotopic (exact) mass is 442 g/mol. The molecule has 2 aliphatic rings. The van der Waals surface area contributed by atoms with Crippen molar-refractivity contribution in [2.75, 3.05) is 30.7 Å². The van der Waals surface area contributed by atoms with Gasteiger partial charge < -0.3 is 15.4 Å². The molecule has 31 heavy (non-hydrogen) atoms. The van der Waals surface area contributed by atoms with E-state index in [-0.39, 0.29) is 11.6 Å². The first kappa shape index (κ1) is 22.8. The smallest absolute Gasteiger partial charge is 0.235 e. The molecule has 1 aromatic rings. The Morgan fingerprint density at radius 1 is 1.32 bits per heavy atom. The molecule has 0 radical (unpaired) electrons. The van der Waals surface area contributed by atoms with E-state index in [2.05, 4.69) is 19.1 Å². The Bertz CT molecular complexity index is 1080. The molecule has 1 aromatic carbocycles. The van der Waals surface area contributed by atoms with Crippen molar-refractivity contribution in [2.45, 2.75) is 39.0 Å². The second-order valence-electron chi connectivity index (χ2n) is 8.02. The maximum Gasteiger partial charge on any atom is 0.235 e. The van der Waals surface area contributed by atoms with Crippen molar-refractivity contribution in [2.24, 2.45) is 5.73 Å². The van der Waals surface area contributed by atoms with Gasteiger partial charge in [0, 0.05) is 26.2 Å². The number of nitrogens with two attached hydrogens (primary N) is 1. The Balaban J connectivity index is 2.11. The molecular weight excluding hydrogens is 412 g/mol. The topological polar surface area (TPSA) is 99.7 Å². The van der Waals surface area contributed by atoms with Crippen LogP contribution < -0.4 is 10.0 Å². The fraction of sp³-hybridized carbons (Fsp3) is 0.435. The first-order valence-electron chi connectivity index (χ1n) is 10.5. The number of sulfonamides is 1. The second kappa shape index (κ2) is 9.06. The lowest BCUT2D eigenvalue weighted by molar-refractivity contribution is 0.186. The van der Waals surface area contributed by atoms with E-state index in [4.69, 9.17) is 10.5 Å². The van der Waals surface area contributed by atoms with Gasteiger partial charge in [0.1, 0.15) is 11.6 Å². The third-order valence-electron chi connectivity index (χ3n) is 5.61. The number of nitrogens with zero attached hydrogens (tertiary/aromatic N) is 3. The highest BCUT2D eigenvalue weighted by atomic mass is 32.2. The average molecular weight is 443 g/mol. The van der Waals surface area contributed by atoms with Gasteiger partial charge in [0.15, 0.2) is 0 Å². The summed E-state index contributed by atoms with van der Waals surface area (Å²) in [6.45, 7) is 4.55. The fourth-order valence-electron chi connectivity index (χ4n) is 4.13. The molecule has 3 rings (SSSR count). The standard InChI is InChI=1S/C23H30N4O3S/c1-5-8-16(2)20-21(19(15-24)22(25)30-23(20)26(3)4)17-9-11-18(12-10-17)27-13-6-7-14-31(27,28)29/h8-12,21H,5-7,13-14,25H2,1-4H3/b16-8+. The minimum atomic E-state index is -3.28. The van der Waals surface area contributed by atoms with E-state index in [0.717, 1.165) is 29.6 Å². The zero-order valence-electron chi connectivity index (χ0n) is 18.6. The number of ether oxygens (including phenoxy) is 1. The van der Waals surface area contributed by atoms with Gasteiger partial charge in [0.2, 0.25) is 21.8 Å². The summed E-state index contributed by atoms with van der Waals surface area (Å²) in [5, 5.41) is 9.86. The maximum absolute atomic E-state index is 12.5. The fourth-order valence-corrected chi connectivity index (χ4v) is 5.77. The van der Waals surface area contributed by atoms with E-state index in [1.54, 1.807) is 0 Å². The Labute approximate surface area is 185 Å². The number of allylic oxidation sites excluding steroid dienone is 4. The minimum Gasteiger partial charge on any atom is -0.424 e. The number of nitriles is 1. The highest BCUT2D eigenvalue weighted by Gasteiger charge is 2.35. The van der Waals surface area contributed by atoms with E-state index in [9.17, 15) is 13.7 Å². The summed E-state index contributed by atoms with van der Waals surface area (Å²) < 4.78 is 32.2. The molecule has 2 N–H and O–H groups in total. The predicted molar refractivity (Wildman–Crippen MR) is 122 cm³/mol. The van der Waals surface area contributed by atoms with Crippen LogP contribution in [0.3, 0.4) is 0 Å². The summed E-state index contributed by atoms with van der Waals surface area (Å²) in [6.07, 6.45) is 4.48. The molecule has 0 amide bonds. The van der Waals surface area contributed by atoms with Crippen LogP contribution in [0.5, 0.6) is 0 Å². The van der Waals surface area contributed by atoms with Crippen LogP contribution in [0, 0.1) is 11.3 Å². The number of benzene rings is 1. The Kier molecular flexibility index (Phi) is 6.65. The van der Waals surface area contributed by atoms with Crippen molar-refractivity contribution in [3.63, 3.8) is 0 Å². The molecule has 0 aliphatic carbocycles. The van der Waals surface area contributed by atoms with Gasteiger partial charge in [0.25, 0.3) is 0 Å². The summed E-state index contributed by atoms with van der Waals surface area (Å²) in [4.78, 5) is 1.85. The second-order valence-corrected chi connectivity index (χ2v) is 10.0. The van der Waals surface area contributed by atoms with Gasteiger partial charge in [-0.1, -0.05) is 25.1 Å². The Morgan fingerprint density at radius 2 is 2.00 bits per heavy atom. The van der Waals surface area contributed by atoms with Crippen molar-refractivity contribution >= 4 is 15.7 Å². The van der Waals surface area contributed by atoms with Gasteiger partial charge >= 0.3 is 0 Å². The van der Waals surface area contributed by atoms with Crippen molar-refractivity contribution in [1.29, 1.82) is 5.26 Å². The molecule has 2 aliphatic heterocycles. The molecule has 7 nitrogen and oxygen atoms in total. The number of rotatable bonds is 5. The van der Waals surface area contributed by atoms with Gasteiger partial charge in [0.05, 0.1) is 17.4 Å². The lowest BCUT2D eigenvalue weighted by Gasteiger charge is -2.33. The van der Waals surface area contributed by atoms with Crippen LogP contribution in [-0.4, -0.2) is 39.7 Å². The predicted octanol–water partition coefficient (Wildman–Crippen LogP) is 3.55. The third-order valence-corrected chi connectivity index (χ3v) is 7.47. The molecule has 1 atom stereocenters. The zero-order chi connectivity index (χ0) is 22.8. The molecule has 1 fully saturated rings. The van der Waals surface area contributed by atoms with Crippen LogP contribution in [-0.2, 0) is 14.8 Å². The minimum absolute atomic E-state index is 0.0898. The van der Waals surface area contributed by atoms with E-state index in [0.29, 0.717) is 30.1 Å². The van der Waals surface area contributed by atoms with Gasteiger partial charge in [-0.15, -0.1) is 0 Å². The summed E-state index contributed by atoms with van der Waals surface area (Å²) >= 11 is 0. The zero-order valence-corrected chi connectivity index (χ0v) is 19.4. The SMILES string of the molecule is CC/C=C(\C)C1=C(N(C)C)OC(N)=C(C#N)C1c1ccc(N2CCCCS2(=O)=O)cc1. The summed E-state index contributed by atoms with van der Waals surface area (Å²) in [7, 11) is 0.468. The van der Waals surface area contributed by atoms with Crippen LogP contribution in [0.1, 0.15) is 44.6 Å².